The van der Waals surface area contributed by atoms with E-state index >= 15 is 0 Å². The van der Waals surface area contributed by atoms with E-state index in [1.807, 2.05) is 11.0 Å². The Morgan fingerprint density at radius 2 is 1.76 bits per heavy atom. The van der Waals surface area contributed by atoms with Crippen LogP contribution in [0.5, 0.6) is 0 Å². The fourth-order valence-corrected chi connectivity index (χ4v) is 3.24. The van der Waals surface area contributed by atoms with Gasteiger partial charge in [-0.3, -0.25) is 14.7 Å². The van der Waals surface area contributed by atoms with E-state index in [9.17, 15) is 9.59 Å². The first-order chi connectivity index (χ1) is 14.1. The number of hydrogen-bond donors (Lipinski definition) is 2. The van der Waals surface area contributed by atoms with Crippen LogP contribution in [0.25, 0.3) is 11.4 Å². The lowest BCUT2D eigenvalue weighted by atomic mass is 10.1. The predicted octanol–water partition coefficient (Wildman–Crippen LogP) is 2.11. The smallest absolute Gasteiger partial charge is 0.255 e. The van der Waals surface area contributed by atoms with Gasteiger partial charge in [-0.25, -0.2) is 4.98 Å². The number of amides is 2. The Kier molecular flexibility index (Phi) is 5.35. The molecule has 2 amide bonds. The lowest BCUT2D eigenvalue weighted by Crippen LogP contribution is -2.47. The minimum absolute atomic E-state index is 0.0238. The molecule has 148 valence electrons. The van der Waals surface area contributed by atoms with Gasteiger partial charge in [-0.1, -0.05) is 12.1 Å². The minimum atomic E-state index is -0.232. The van der Waals surface area contributed by atoms with Crippen LogP contribution < -0.4 is 5.32 Å². The summed E-state index contributed by atoms with van der Waals surface area (Å²) >= 11 is 0. The Morgan fingerprint density at radius 1 is 1.00 bits per heavy atom. The van der Waals surface area contributed by atoms with E-state index in [1.165, 1.54) is 6.33 Å². The van der Waals surface area contributed by atoms with Crippen LogP contribution in [0.15, 0.2) is 54.9 Å². The Hall–Kier alpha value is -3.52. The zero-order valence-corrected chi connectivity index (χ0v) is 16.1. The Morgan fingerprint density at radius 3 is 2.45 bits per heavy atom. The van der Waals surface area contributed by atoms with Gasteiger partial charge in [0.2, 0.25) is 0 Å². The molecule has 0 spiro atoms. The van der Waals surface area contributed by atoms with Crippen LogP contribution in [0, 0.1) is 0 Å². The van der Waals surface area contributed by atoms with Gasteiger partial charge >= 0.3 is 0 Å². The molecule has 8 nitrogen and oxygen atoms in total. The average Bonchev–Trinajstić information content (AvgIpc) is 3.29. The SMILES string of the molecule is CN1CCN(C(=O)c2ccc(NC(=O)c3cccc(-c4ncn[nH]4)c3)cc2)CC1. The van der Waals surface area contributed by atoms with E-state index in [2.05, 4.69) is 32.4 Å². The van der Waals surface area contributed by atoms with Crippen molar-refractivity contribution in [3.05, 3.63) is 66.0 Å². The third-order valence-electron chi connectivity index (χ3n) is 4.99. The summed E-state index contributed by atoms with van der Waals surface area (Å²) in [6, 6.07) is 14.1. The monoisotopic (exact) mass is 390 g/mol. The molecule has 1 aliphatic rings. The summed E-state index contributed by atoms with van der Waals surface area (Å²) in [4.78, 5) is 33.4. The van der Waals surface area contributed by atoms with Crippen molar-refractivity contribution in [2.24, 2.45) is 0 Å². The summed E-state index contributed by atoms with van der Waals surface area (Å²) in [5.74, 6) is 0.395. The highest BCUT2D eigenvalue weighted by Gasteiger charge is 2.20. The van der Waals surface area contributed by atoms with Crippen molar-refractivity contribution in [3.8, 4) is 11.4 Å². The van der Waals surface area contributed by atoms with Crippen molar-refractivity contribution in [2.75, 3.05) is 38.5 Å². The molecule has 1 aliphatic heterocycles. The molecule has 3 aromatic rings. The summed E-state index contributed by atoms with van der Waals surface area (Å²) < 4.78 is 0. The van der Waals surface area contributed by atoms with Gasteiger partial charge in [-0.2, -0.15) is 5.10 Å². The molecular formula is C21H22N6O2. The maximum atomic E-state index is 12.6. The van der Waals surface area contributed by atoms with Gasteiger partial charge in [-0.05, 0) is 43.4 Å². The molecule has 1 aromatic heterocycles. The fraction of sp³-hybridized carbons (Fsp3) is 0.238. The van der Waals surface area contributed by atoms with Gasteiger partial charge in [0.25, 0.3) is 11.8 Å². The van der Waals surface area contributed by atoms with Crippen LogP contribution >= 0.6 is 0 Å². The lowest BCUT2D eigenvalue weighted by Gasteiger charge is -2.32. The molecule has 0 atom stereocenters. The van der Waals surface area contributed by atoms with Crippen molar-refractivity contribution in [1.82, 2.24) is 25.0 Å². The van der Waals surface area contributed by atoms with Crippen LogP contribution in [0.2, 0.25) is 0 Å². The number of carbonyl (C=O) groups is 2. The molecule has 0 aliphatic carbocycles. The number of rotatable bonds is 4. The quantitative estimate of drug-likeness (QED) is 0.712. The number of hydrogen-bond acceptors (Lipinski definition) is 5. The van der Waals surface area contributed by atoms with Crippen LogP contribution in [0.4, 0.5) is 5.69 Å². The third-order valence-corrected chi connectivity index (χ3v) is 4.99. The molecule has 0 radical (unpaired) electrons. The molecule has 0 bridgehead atoms. The normalized spacial score (nSPS) is 14.6. The topological polar surface area (TPSA) is 94.2 Å². The number of H-pyrrole nitrogens is 1. The highest BCUT2D eigenvalue weighted by atomic mass is 16.2. The summed E-state index contributed by atoms with van der Waals surface area (Å²) in [5, 5.41) is 9.48. The zero-order valence-electron chi connectivity index (χ0n) is 16.1. The second-order valence-electron chi connectivity index (χ2n) is 7.04. The summed E-state index contributed by atoms with van der Waals surface area (Å²) in [6.45, 7) is 3.23. The van der Waals surface area contributed by atoms with E-state index in [0.29, 0.717) is 22.6 Å². The summed E-state index contributed by atoms with van der Waals surface area (Å²) in [6.07, 6.45) is 1.42. The zero-order chi connectivity index (χ0) is 20.2. The van der Waals surface area contributed by atoms with Crippen molar-refractivity contribution in [2.45, 2.75) is 0 Å². The summed E-state index contributed by atoms with van der Waals surface area (Å²) in [5.41, 5.74) is 2.55. The Bertz CT molecular complexity index is 992. The fourth-order valence-electron chi connectivity index (χ4n) is 3.24. The van der Waals surface area contributed by atoms with Crippen LogP contribution in [-0.2, 0) is 0 Å². The van der Waals surface area contributed by atoms with Gasteiger partial charge < -0.3 is 15.1 Å². The number of anilines is 1. The molecule has 4 rings (SSSR count). The van der Waals surface area contributed by atoms with Crippen molar-refractivity contribution >= 4 is 17.5 Å². The van der Waals surface area contributed by atoms with E-state index in [1.54, 1.807) is 42.5 Å². The van der Waals surface area contributed by atoms with Gasteiger partial charge in [0, 0.05) is 48.6 Å². The number of aromatic nitrogens is 3. The molecular weight excluding hydrogens is 368 g/mol. The second-order valence-corrected chi connectivity index (χ2v) is 7.04. The molecule has 8 heteroatoms. The molecule has 0 unspecified atom stereocenters. The van der Waals surface area contributed by atoms with Gasteiger partial charge in [0.1, 0.15) is 6.33 Å². The Labute approximate surface area is 168 Å². The van der Waals surface area contributed by atoms with Crippen molar-refractivity contribution in [3.63, 3.8) is 0 Å². The lowest BCUT2D eigenvalue weighted by molar-refractivity contribution is 0.0664. The van der Waals surface area contributed by atoms with Crippen molar-refractivity contribution in [1.29, 1.82) is 0 Å². The average molecular weight is 390 g/mol. The maximum Gasteiger partial charge on any atom is 0.255 e. The van der Waals surface area contributed by atoms with Crippen LogP contribution in [0.3, 0.4) is 0 Å². The van der Waals surface area contributed by atoms with E-state index in [4.69, 9.17) is 0 Å². The second kappa shape index (κ2) is 8.24. The number of benzene rings is 2. The van der Waals surface area contributed by atoms with Gasteiger partial charge in [0.15, 0.2) is 5.82 Å². The number of nitrogens with zero attached hydrogens (tertiary/aromatic N) is 4. The predicted molar refractivity (Wildman–Crippen MR) is 110 cm³/mol. The molecule has 2 heterocycles. The molecule has 1 saturated heterocycles. The number of nitrogens with one attached hydrogen (secondary N) is 2. The molecule has 2 N–H and O–H groups in total. The van der Waals surface area contributed by atoms with E-state index in [0.717, 1.165) is 31.7 Å². The van der Waals surface area contributed by atoms with Crippen LogP contribution in [-0.4, -0.2) is 70.0 Å². The maximum absolute atomic E-state index is 12.6. The largest absolute Gasteiger partial charge is 0.336 e. The number of aromatic amines is 1. The summed E-state index contributed by atoms with van der Waals surface area (Å²) in [7, 11) is 2.06. The standard InChI is InChI=1S/C21H22N6O2/c1-26-9-11-27(12-10-26)21(29)15-5-7-18(8-6-15)24-20(28)17-4-2-3-16(13-17)19-22-14-23-25-19/h2-8,13-14H,9-12H2,1H3,(H,24,28)(H,22,23,25). The Balaban J connectivity index is 1.42. The molecule has 1 fully saturated rings. The molecule has 2 aromatic carbocycles. The van der Waals surface area contributed by atoms with Gasteiger partial charge in [-0.15, -0.1) is 0 Å². The highest BCUT2D eigenvalue weighted by Crippen LogP contribution is 2.18. The first kappa shape index (κ1) is 18.8. The van der Waals surface area contributed by atoms with E-state index in [-0.39, 0.29) is 11.8 Å². The first-order valence-corrected chi connectivity index (χ1v) is 9.45. The number of piperazine rings is 1. The first-order valence-electron chi connectivity index (χ1n) is 9.45. The van der Waals surface area contributed by atoms with Crippen LogP contribution in [0.1, 0.15) is 20.7 Å². The van der Waals surface area contributed by atoms with Crippen molar-refractivity contribution < 1.29 is 9.59 Å². The molecule has 0 saturated carbocycles. The van der Waals surface area contributed by atoms with E-state index < -0.39 is 0 Å². The number of carbonyl (C=O) groups excluding carboxylic acids is 2. The van der Waals surface area contributed by atoms with Gasteiger partial charge in [0.05, 0.1) is 0 Å². The minimum Gasteiger partial charge on any atom is -0.336 e. The third kappa shape index (κ3) is 4.33. The highest BCUT2D eigenvalue weighted by molar-refractivity contribution is 6.05. The molecule has 29 heavy (non-hydrogen) atoms. The number of likely N-dealkylation sites (N-methyl/N-ethyl adjacent to an activating group) is 1.